The van der Waals surface area contributed by atoms with Gasteiger partial charge in [-0.2, -0.15) is 0 Å². The molecule has 0 bridgehead atoms. The molecule has 1 nitrogen and oxygen atoms in total. The molecule has 0 aliphatic heterocycles. The maximum Gasteiger partial charge on any atom is 0.0836 e. The van der Waals surface area contributed by atoms with Gasteiger partial charge in [-0.25, -0.2) is 0 Å². The Morgan fingerprint density at radius 3 is 2.10 bits per heavy atom. The van der Waals surface area contributed by atoms with Gasteiger partial charge < -0.3 is 4.74 Å². The van der Waals surface area contributed by atoms with Gasteiger partial charge in [0, 0.05) is 17.2 Å². The fourth-order valence-electron chi connectivity index (χ4n) is 1.99. The predicted octanol–water partition coefficient (Wildman–Crippen LogP) is 5.51. The molecular weight excluding hydrogens is 315 g/mol. The lowest BCUT2D eigenvalue weighted by molar-refractivity contribution is 0.202. The second-order valence-corrected chi connectivity index (χ2v) is 5.86. The Morgan fingerprint density at radius 1 is 0.950 bits per heavy atom. The lowest BCUT2D eigenvalue weighted by Crippen LogP contribution is -1.97. The van der Waals surface area contributed by atoms with Gasteiger partial charge in [0.15, 0.2) is 0 Å². The van der Waals surface area contributed by atoms with Crippen LogP contribution in [0.3, 0.4) is 0 Å². The van der Waals surface area contributed by atoms with E-state index >= 15 is 0 Å². The van der Waals surface area contributed by atoms with E-state index in [4.69, 9.17) is 39.5 Å². The van der Waals surface area contributed by atoms with Crippen molar-refractivity contribution in [2.75, 3.05) is 13.7 Å². The molecule has 4 heteroatoms. The molecule has 2 aromatic carbocycles. The number of benzene rings is 2. The van der Waals surface area contributed by atoms with Crippen LogP contribution in [0.1, 0.15) is 22.1 Å². The fraction of sp³-hybridized carbons (Fsp3) is 0.250. The Labute approximate surface area is 134 Å². The Bertz CT molecular complexity index is 546. The number of hydrogen-bond acceptors (Lipinski definition) is 1. The molecule has 0 amide bonds. The molecule has 106 valence electrons. The molecule has 1 unspecified atom stereocenters. The normalized spacial score (nSPS) is 12.4. The van der Waals surface area contributed by atoms with Crippen LogP contribution in [0.15, 0.2) is 42.5 Å². The highest BCUT2D eigenvalue weighted by Crippen LogP contribution is 2.32. The van der Waals surface area contributed by atoms with E-state index < -0.39 is 0 Å². The van der Waals surface area contributed by atoms with Gasteiger partial charge in [-0.05, 0) is 41.3 Å². The fourth-order valence-corrected chi connectivity index (χ4v) is 2.80. The molecule has 0 radical (unpaired) electrons. The zero-order valence-corrected chi connectivity index (χ0v) is 13.3. The van der Waals surface area contributed by atoms with Crippen LogP contribution in [0.25, 0.3) is 0 Å². The van der Waals surface area contributed by atoms with Gasteiger partial charge in [-0.15, -0.1) is 11.6 Å². The van der Waals surface area contributed by atoms with E-state index in [0.29, 0.717) is 16.7 Å². The maximum atomic E-state index is 6.49. The van der Waals surface area contributed by atoms with E-state index in [1.807, 2.05) is 24.3 Å². The highest BCUT2D eigenvalue weighted by atomic mass is 35.5. The molecule has 0 fully saturated rings. The molecule has 0 N–H and O–H groups in total. The van der Waals surface area contributed by atoms with Crippen LogP contribution in [0, 0.1) is 0 Å². The van der Waals surface area contributed by atoms with Gasteiger partial charge in [0.1, 0.15) is 0 Å². The van der Waals surface area contributed by atoms with E-state index in [2.05, 4.69) is 12.1 Å². The summed E-state index contributed by atoms with van der Waals surface area (Å²) in [6, 6.07) is 13.6. The van der Waals surface area contributed by atoms with Crippen molar-refractivity contribution in [1.29, 1.82) is 0 Å². The Balaban J connectivity index is 2.17. The minimum atomic E-state index is -0.261. The number of rotatable bonds is 5. The van der Waals surface area contributed by atoms with Crippen molar-refractivity contribution < 1.29 is 4.74 Å². The Hall–Kier alpha value is -0.730. The smallest absolute Gasteiger partial charge is 0.0836 e. The van der Waals surface area contributed by atoms with Crippen LogP contribution in [0.2, 0.25) is 10.0 Å². The molecule has 0 saturated carbocycles. The van der Waals surface area contributed by atoms with Crippen LogP contribution in [0.5, 0.6) is 0 Å². The van der Waals surface area contributed by atoms with Crippen molar-refractivity contribution >= 4 is 34.8 Å². The lowest BCUT2D eigenvalue weighted by Gasteiger charge is -2.12. The number of alkyl halides is 1. The van der Waals surface area contributed by atoms with Crippen molar-refractivity contribution in [2.45, 2.75) is 11.8 Å². The first-order chi connectivity index (χ1) is 9.60. The molecule has 0 heterocycles. The lowest BCUT2D eigenvalue weighted by atomic mass is 10.0. The third kappa shape index (κ3) is 4.13. The largest absolute Gasteiger partial charge is 0.384 e. The summed E-state index contributed by atoms with van der Waals surface area (Å²) in [5.41, 5.74) is 3.14. The van der Waals surface area contributed by atoms with Gasteiger partial charge >= 0.3 is 0 Å². The number of halogens is 3. The SMILES string of the molecule is COCCc1ccc(C(Cl)c2cc(Cl)cc(Cl)c2)cc1. The van der Waals surface area contributed by atoms with Crippen molar-refractivity contribution in [3.05, 3.63) is 69.2 Å². The summed E-state index contributed by atoms with van der Waals surface area (Å²) in [6.07, 6.45) is 0.896. The van der Waals surface area contributed by atoms with Gasteiger partial charge in [0.25, 0.3) is 0 Å². The average molecular weight is 330 g/mol. The summed E-state index contributed by atoms with van der Waals surface area (Å²) in [4.78, 5) is 0. The Kier molecular flexibility index (Phi) is 5.74. The second kappa shape index (κ2) is 7.33. The van der Waals surface area contributed by atoms with Gasteiger partial charge in [-0.1, -0.05) is 47.5 Å². The molecule has 1 atom stereocenters. The third-order valence-electron chi connectivity index (χ3n) is 3.04. The molecule has 0 aromatic heterocycles. The minimum absolute atomic E-state index is 0.261. The first-order valence-electron chi connectivity index (χ1n) is 6.28. The molecule has 0 aliphatic rings. The zero-order valence-electron chi connectivity index (χ0n) is 11.1. The van der Waals surface area contributed by atoms with Crippen molar-refractivity contribution in [2.24, 2.45) is 0 Å². The van der Waals surface area contributed by atoms with Crippen molar-refractivity contribution in [1.82, 2.24) is 0 Å². The number of methoxy groups -OCH3 is 1. The molecule has 20 heavy (non-hydrogen) atoms. The van der Waals surface area contributed by atoms with E-state index in [1.165, 1.54) is 5.56 Å². The van der Waals surface area contributed by atoms with Gasteiger partial charge in [-0.3, -0.25) is 0 Å². The summed E-state index contributed by atoms with van der Waals surface area (Å²) in [7, 11) is 1.70. The standard InChI is InChI=1S/C16H15Cl3O/c1-20-7-6-11-2-4-12(5-3-11)16(19)13-8-14(17)10-15(18)9-13/h2-5,8-10,16H,6-7H2,1H3. The molecule has 0 saturated heterocycles. The van der Waals surface area contributed by atoms with E-state index in [9.17, 15) is 0 Å². The summed E-state index contributed by atoms with van der Waals surface area (Å²) >= 11 is 18.5. The van der Waals surface area contributed by atoms with Gasteiger partial charge in [0.2, 0.25) is 0 Å². The molecule has 0 aliphatic carbocycles. The van der Waals surface area contributed by atoms with Crippen LogP contribution in [-0.4, -0.2) is 13.7 Å². The van der Waals surface area contributed by atoms with E-state index in [0.717, 1.165) is 17.5 Å². The monoisotopic (exact) mass is 328 g/mol. The molecule has 2 rings (SSSR count). The molecular formula is C16H15Cl3O. The highest BCUT2D eigenvalue weighted by molar-refractivity contribution is 6.35. The van der Waals surface area contributed by atoms with E-state index in [-0.39, 0.29) is 5.38 Å². The zero-order chi connectivity index (χ0) is 14.5. The number of hydrogen-bond donors (Lipinski definition) is 0. The summed E-state index contributed by atoms with van der Waals surface area (Å²) < 4.78 is 5.06. The van der Waals surface area contributed by atoms with Crippen LogP contribution >= 0.6 is 34.8 Å². The number of ether oxygens (including phenoxy) is 1. The second-order valence-electron chi connectivity index (χ2n) is 4.55. The van der Waals surface area contributed by atoms with Crippen LogP contribution in [-0.2, 0) is 11.2 Å². The summed E-state index contributed by atoms with van der Waals surface area (Å²) in [5.74, 6) is 0. The topological polar surface area (TPSA) is 9.23 Å². The molecule has 0 spiro atoms. The molecule has 2 aromatic rings. The summed E-state index contributed by atoms with van der Waals surface area (Å²) in [5, 5.41) is 0.924. The quantitative estimate of drug-likeness (QED) is 0.657. The van der Waals surface area contributed by atoms with Gasteiger partial charge in [0.05, 0.1) is 12.0 Å². The van der Waals surface area contributed by atoms with Crippen molar-refractivity contribution in [3.63, 3.8) is 0 Å². The summed E-state index contributed by atoms with van der Waals surface area (Å²) in [6.45, 7) is 0.716. The third-order valence-corrected chi connectivity index (χ3v) is 3.99. The minimum Gasteiger partial charge on any atom is -0.384 e. The Morgan fingerprint density at radius 2 is 1.55 bits per heavy atom. The van der Waals surface area contributed by atoms with Crippen LogP contribution in [0.4, 0.5) is 0 Å². The first-order valence-corrected chi connectivity index (χ1v) is 7.47. The van der Waals surface area contributed by atoms with E-state index in [1.54, 1.807) is 13.2 Å². The van der Waals surface area contributed by atoms with Crippen molar-refractivity contribution in [3.8, 4) is 0 Å². The maximum absolute atomic E-state index is 6.49. The first kappa shape index (κ1) is 15.7. The predicted molar refractivity (Wildman–Crippen MR) is 86.2 cm³/mol. The average Bonchev–Trinajstić information content (AvgIpc) is 2.44. The highest BCUT2D eigenvalue weighted by Gasteiger charge is 2.12. The van der Waals surface area contributed by atoms with Crippen LogP contribution < -0.4 is 0 Å².